The zero-order chi connectivity index (χ0) is 29.1. The summed E-state index contributed by atoms with van der Waals surface area (Å²) in [6, 6.07) is 64.3. The van der Waals surface area contributed by atoms with Gasteiger partial charge in [0.2, 0.25) is 0 Å². The molecule has 0 fully saturated rings. The molecule has 0 aliphatic heterocycles. The number of rotatable bonds is 9. The molecule has 0 aliphatic rings. The van der Waals surface area contributed by atoms with Crippen LogP contribution in [0.2, 0.25) is 0 Å². The fraction of sp³-hybridized carbons (Fsp3) is 0.0233. The Morgan fingerprint density at radius 3 is 0.581 bits per heavy atom. The highest BCUT2D eigenvalue weighted by Gasteiger charge is 2.14. The molecule has 6 aromatic carbocycles. The Morgan fingerprint density at radius 2 is 0.419 bits per heavy atom. The van der Waals surface area contributed by atoms with Crippen molar-refractivity contribution in [3.63, 3.8) is 0 Å². The lowest BCUT2D eigenvalue weighted by molar-refractivity contribution is 1.07. The van der Waals surface area contributed by atoms with E-state index in [1.165, 1.54) is 50.1 Å². The monoisotopic (exact) mass is 550 g/mol. The van der Waals surface area contributed by atoms with E-state index in [9.17, 15) is 0 Å². The van der Waals surface area contributed by atoms with Crippen molar-refractivity contribution in [3.05, 3.63) is 234 Å². The van der Waals surface area contributed by atoms with Crippen molar-refractivity contribution in [1.29, 1.82) is 0 Å². The van der Waals surface area contributed by atoms with Crippen LogP contribution in [0.5, 0.6) is 0 Å². The van der Waals surface area contributed by atoms with E-state index in [2.05, 4.69) is 200 Å². The van der Waals surface area contributed by atoms with Crippen LogP contribution >= 0.6 is 0 Å². The Labute approximate surface area is 255 Å². The first-order chi connectivity index (χ1) is 21.3. The second kappa shape index (κ2) is 13.9. The molecule has 43 heavy (non-hydrogen) atoms. The molecule has 0 heterocycles. The minimum absolute atomic E-state index is 0.0266. The Kier molecular flexibility index (Phi) is 8.98. The van der Waals surface area contributed by atoms with E-state index >= 15 is 0 Å². The van der Waals surface area contributed by atoms with Gasteiger partial charge in [-0.2, -0.15) is 0 Å². The molecule has 0 bridgehead atoms. The van der Waals surface area contributed by atoms with E-state index in [-0.39, 0.29) is 5.92 Å². The first-order valence-electron chi connectivity index (χ1n) is 14.8. The first-order valence-corrected chi connectivity index (χ1v) is 14.8. The van der Waals surface area contributed by atoms with Gasteiger partial charge in [-0.25, -0.2) is 0 Å². The van der Waals surface area contributed by atoms with Gasteiger partial charge in [0.25, 0.3) is 0 Å². The molecule has 0 aromatic heterocycles. The third-order valence-corrected chi connectivity index (χ3v) is 7.59. The zero-order valence-corrected chi connectivity index (χ0v) is 24.1. The molecule has 0 spiro atoms. The fourth-order valence-electron chi connectivity index (χ4n) is 5.51. The van der Waals surface area contributed by atoms with Gasteiger partial charge in [0.15, 0.2) is 0 Å². The predicted molar refractivity (Wildman–Crippen MR) is 183 cm³/mol. The van der Waals surface area contributed by atoms with Crippen molar-refractivity contribution in [2.45, 2.75) is 0 Å². The van der Waals surface area contributed by atoms with Gasteiger partial charge in [0, 0.05) is 5.92 Å². The topological polar surface area (TPSA) is 0 Å². The number of allylic oxidation sites excluding steroid dienone is 3. The minimum Gasteiger partial charge on any atom is -0.0653 e. The van der Waals surface area contributed by atoms with Crippen LogP contribution < -0.4 is 0 Å². The Hall–Kier alpha value is -5.46. The summed E-state index contributed by atoms with van der Waals surface area (Å²) in [5.41, 5.74) is 10.8. The van der Waals surface area contributed by atoms with Crippen LogP contribution in [0.3, 0.4) is 0 Å². The molecule has 0 amide bonds. The summed E-state index contributed by atoms with van der Waals surface area (Å²) in [4.78, 5) is 0. The molecule has 0 saturated carbocycles. The average molecular weight is 551 g/mol. The Morgan fingerprint density at radius 1 is 0.256 bits per heavy atom. The van der Waals surface area contributed by atoms with Crippen LogP contribution in [-0.2, 0) is 0 Å². The minimum atomic E-state index is -0.0266. The summed E-state index contributed by atoms with van der Waals surface area (Å²) in [5, 5.41) is 0. The van der Waals surface area contributed by atoms with Gasteiger partial charge in [-0.15, -0.1) is 0 Å². The van der Waals surface area contributed by atoms with Crippen LogP contribution in [0.1, 0.15) is 33.4 Å². The van der Waals surface area contributed by atoms with Crippen LogP contribution in [0.4, 0.5) is 0 Å². The van der Waals surface area contributed by atoms with Crippen molar-refractivity contribution < 1.29 is 0 Å². The lowest BCUT2D eigenvalue weighted by Gasteiger charge is -2.17. The molecule has 0 heteroatoms. The van der Waals surface area contributed by atoms with Crippen molar-refractivity contribution in [3.8, 4) is 0 Å². The normalized spacial score (nSPS) is 10.5. The zero-order valence-electron chi connectivity index (χ0n) is 24.1. The van der Waals surface area contributed by atoms with Gasteiger partial charge >= 0.3 is 0 Å². The summed E-state index contributed by atoms with van der Waals surface area (Å²) in [7, 11) is 0. The standard InChI is InChI=1S/C43H34/c1-7-19-35(20-8-1)41(36-21-9-2-10-22-36)31-34(32-42(37-23-11-3-12-24-37)38-25-13-4-14-26-38)33-43(39-27-15-5-16-28-39)40-29-17-6-18-30-40/h1-34H. The summed E-state index contributed by atoms with van der Waals surface area (Å²) < 4.78 is 0. The maximum Gasteiger partial charge on any atom is 0.0155 e. The van der Waals surface area contributed by atoms with Gasteiger partial charge in [-0.1, -0.05) is 200 Å². The van der Waals surface area contributed by atoms with Gasteiger partial charge in [-0.3, -0.25) is 0 Å². The highest BCUT2D eigenvalue weighted by Crippen LogP contribution is 2.33. The molecule has 0 N–H and O–H groups in total. The van der Waals surface area contributed by atoms with Gasteiger partial charge in [0.05, 0.1) is 0 Å². The predicted octanol–water partition coefficient (Wildman–Crippen LogP) is 11.0. The average Bonchev–Trinajstić information content (AvgIpc) is 3.10. The van der Waals surface area contributed by atoms with E-state index in [0.29, 0.717) is 0 Å². The van der Waals surface area contributed by atoms with Crippen molar-refractivity contribution in [1.82, 2.24) is 0 Å². The maximum absolute atomic E-state index is 2.42. The number of benzene rings is 6. The summed E-state index contributed by atoms with van der Waals surface area (Å²) in [5.74, 6) is -0.0266. The lowest BCUT2D eigenvalue weighted by Crippen LogP contribution is -1.99. The van der Waals surface area contributed by atoms with E-state index in [1.807, 2.05) is 0 Å². The second-order valence-corrected chi connectivity index (χ2v) is 10.5. The van der Waals surface area contributed by atoms with Crippen LogP contribution in [0, 0.1) is 5.92 Å². The Balaban J connectivity index is 1.63. The SMILES string of the molecule is C(=C(c1ccccc1)c1ccccc1)C(C=C(c1ccccc1)c1ccccc1)C=C(c1ccccc1)c1ccccc1. The van der Waals surface area contributed by atoms with E-state index < -0.39 is 0 Å². The molecule has 0 radical (unpaired) electrons. The molecule has 0 atom stereocenters. The van der Waals surface area contributed by atoms with E-state index in [4.69, 9.17) is 0 Å². The highest BCUT2D eigenvalue weighted by molar-refractivity contribution is 5.85. The van der Waals surface area contributed by atoms with Crippen molar-refractivity contribution >= 4 is 16.7 Å². The number of hydrogen-bond donors (Lipinski definition) is 0. The van der Waals surface area contributed by atoms with E-state index in [1.54, 1.807) is 0 Å². The van der Waals surface area contributed by atoms with Gasteiger partial charge in [0.1, 0.15) is 0 Å². The molecule has 0 unspecified atom stereocenters. The van der Waals surface area contributed by atoms with Crippen LogP contribution in [0.15, 0.2) is 200 Å². The van der Waals surface area contributed by atoms with Crippen LogP contribution in [-0.4, -0.2) is 0 Å². The van der Waals surface area contributed by atoms with E-state index in [0.717, 1.165) is 0 Å². The second-order valence-electron chi connectivity index (χ2n) is 10.5. The molecule has 0 saturated heterocycles. The van der Waals surface area contributed by atoms with Crippen molar-refractivity contribution in [2.75, 3.05) is 0 Å². The maximum atomic E-state index is 2.42. The lowest BCUT2D eigenvalue weighted by atomic mass is 9.87. The molecular formula is C43H34. The Bertz CT molecular complexity index is 1450. The summed E-state index contributed by atoms with van der Waals surface area (Å²) >= 11 is 0. The molecular weight excluding hydrogens is 516 g/mol. The molecule has 6 aromatic rings. The van der Waals surface area contributed by atoms with Crippen LogP contribution in [0.25, 0.3) is 16.7 Å². The highest BCUT2D eigenvalue weighted by atomic mass is 14.2. The number of hydrogen-bond acceptors (Lipinski definition) is 0. The first kappa shape index (κ1) is 27.7. The van der Waals surface area contributed by atoms with Gasteiger partial charge < -0.3 is 0 Å². The molecule has 6 rings (SSSR count). The molecule has 0 nitrogen and oxygen atoms in total. The summed E-state index contributed by atoms with van der Waals surface area (Å²) in [6.45, 7) is 0. The molecule has 206 valence electrons. The molecule has 0 aliphatic carbocycles. The van der Waals surface area contributed by atoms with Crippen molar-refractivity contribution in [2.24, 2.45) is 5.92 Å². The smallest absolute Gasteiger partial charge is 0.0155 e. The fourth-order valence-corrected chi connectivity index (χ4v) is 5.51. The third kappa shape index (κ3) is 7.07. The van der Waals surface area contributed by atoms with Gasteiger partial charge in [-0.05, 0) is 50.1 Å². The summed E-state index contributed by atoms with van der Waals surface area (Å²) in [6.07, 6.45) is 7.26. The quantitative estimate of drug-likeness (QED) is 0.168. The third-order valence-electron chi connectivity index (χ3n) is 7.59. The largest absolute Gasteiger partial charge is 0.0653 e.